The van der Waals surface area contributed by atoms with E-state index in [2.05, 4.69) is 10.6 Å². The number of ketones is 1. The number of Topliss-reactive ketones (excluding diaryl/α,β-unsaturated/α-hetero) is 1. The van der Waals surface area contributed by atoms with Crippen LogP contribution in [0.15, 0.2) is 48.5 Å². The van der Waals surface area contributed by atoms with E-state index in [0.29, 0.717) is 28.8 Å². The third kappa shape index (κ3) is 7.18. The van der Waals surface area contributed by atoms with Gasteiger partial charge in [0, 0.05) is 34.3 Å². The van der Waals surface area contributed by atoms with Crippen LogP contribution in [0.4, 0.5) is 5.69 Å². The molecule has 2 aromatic carbocycles. The summed E-state index contributed by atoms with van der Waals surface area (Å²) in [5, 5.41) is 5.69. The molecule has 0 aliphatic rings. The first-order valence-corrected chi connectivity index (χ1v) is 9.71. The molecule has 0 fully saturated rings. The first-order chi connectivity index (χ1) is 13.3. The smallest absolute Gasteiger partial charge is 0.255 e. The Morgan fingerprint density at radius 2 is 1.14 bits per heavy atom. The van der Waals surface area contributed by atoms with Gasteiger partial charge in [0.1, 0.15) is 0 Å². The first kappa shape index (κ1) is 22.3. The molecule has 2 aromatic rings. The van der Waals surface area contributed by atoms with E-state index in [1.165, 1.54) is 0 Å². The van der Waals surface area contributed by atoms with E-state index < -0.39 is 0 Å². The zero-order valence-electron chi connectivity index (χ0n) is 18.1. The number of rotatable bonds is 5. The largest absolute Gasteiger partial charge is 0.347 e. The van der Waals surface area contributed by atoms with E-state index in [1.54, 1.807) is 48.5 Å². The predicted molar refractivity (Wildman–Crippen MR) is 116 cm³/mol. The van der Waals surface area contributed by atoms with E-state index in [0.717, 1.165) is 0 Å². The molecule has 0 bridgehead atoms. The highest BCUT2D eigenvalue weighted by atomic mass is 16.2. The summed E-state index contributed by atoms with van der Waals surface area (Å²) < 4.78 is 0. The van der Waals surface area contributed by atoms with Gasteiger partial charge in [0.15, 0.2) is 5.78 Å². The van der Waals surface area contributed by atoms with Crippen molar-refractivity contribution in [3.05, 3.63) is 65.2 Å². The summed E-state index contributed by atoms with van der Waals surface area (Å²) in [4.78, 5) is 36.9. The van der Waals surface area contributed by atoms with Gasteiger partial charge in [0.2, 0.25) is 0 Å². The van der Waals surface area contributed by atoms with Crippen LogP contribution < -0.4 is 10.6 Å². The van der Waals surface area contributed by atoms with Gasteiger partial charge in [-0.05, 0) is 74.7 Å². The molecule has 2 amide bonds. The molecule has 29 heavy (non-hydrogen) atoms. The minimum Gasteiger partial charge on any atom is -0.347 e. The van der Waals surface area contributed by atoms with E-state index in [1.807, 2.05) is 41.5 Å². The van der Waals surface area contributed by atoms with Crippen LogP contribution in [0.25, 0.3) is 0 Å². The van der Waals surface area contributed by atoms with Gasteiger partial charge in [-0.1, -0.05) is 20.8 Å². The number of hydrogen-bond donors (Lipinski definition) is 2. The van der Waals surface area contributed by atoms with Gasteiger partial charge in [0.05, 0.1) is 0 Å². The number of carbonyl (C=O) groups is 3. The summed E-state index contributed by atoms with van der Waals surface area (Å²) in [6, 6.07) is 13.4. The molecule has 0 aliphatic carbocycles. The minimum atomic E-state index is -0.326. The third-order valence-corrected chi connectivity index (χ3v) is 4.05. The van der Waals surface area contributed by atoms with E-state index in [9.17, 15) is 14.4 Å². The zero-order chi connectivity index (χ0) is 21.8. The summed E-state index contributed by atoms with van der Waals surface area (Å²) >= 11 is 0. The Morgan fingerprint density at radius 1 is 0.690 bits per heavy atom. The maximum atomic E-state index is 12.5. The molecule has 0 unspecified atom stereocenters. The van der Waals surface area contributed by atoms with Crippen LogP contribution in [0.3, 0.4) is 0 Å². The highest BCUT2D eigenvalue weighted by molar-refractivity contribution is 6.05. The van der Waals surface area contributed by atoms with Crippen molar-refractivity contribution in [1.82, 2.24) is 5.32 Å². The third-order valence-electron chi connectivity index (χ3n) is 4.05. The van der Waals surface area contributed by atoms with Crippen molar-refractivity contribution in [2.75, 3.05) is 5.32 Å². The molecule has 0 heterocycles. The van der Waals surface area contributed by atoms with Crippen molar-refractivity contribution in [3.8, 4) is 0 Å². The van der Waals surface area contributed by atoms with Gasteiger partial charge < -0.3 is 10.6 Å². The highest BCUT2D eigenvalue weighted by Crippen LogP contribution is 2.22. The Morgan fingerprint density at radius 3 is 1.59 bits per heavy atom. The standard InChI is InChI=1S/C24H30N2O3/c1-23(2,3)15-20(27)16-11-13-19(14-12-16)25-21(28)17-7-9-18(10-8-17)22(29)26-24(4,5)6/h7-14H,15H2,1-6H3,(H,25,28)(H,26,29). The average molecular weight is 395 g/mol. The summed E-state index contributed by atoms with van der Waals surface area (Å²) in [7, 11) is 0. The molecule has 2 rings (SSSR count). The van der Waals surface area contributed by atoms with Crippen LogP contribution in [0, 0.1) is 5.41 Å². The quantitative estimate of drug-likeness (QED) is 0.694. The van der Waals surface area contributed by atoms with E-state index in [4.69, 9.17) is 0 Å². The zero-order valence-corrected chi connectivity index (χ0v) is 18.1. The lowest BCUT2D eigenvalue weighted by Crippen LogP contribution is -2.40. The maximum Gasteiger partial charge on any atom is 0.255 e. The average Bonchev–Trinajstić information content (AvgIpc) is 2.59. The van der Waals surface area contributed by atoms with Crippen molar-refractivity contribution >= 4 is 23.3 Å². The van der Waals surface area contributed by atoms with Crippen molar-refractivity contribution < 1.29 is 14.4 Å². The molecule has 5 nitrogen and oxygen atoms in total. The lowest BCUT2D eigenvalue weighted by atomic mass is 9.88. The first-order valence-electron chi connectivity index (χ1n) is 9.71. The fourth-order valence-electron chi connectivity index (χ4n) is 2.71. The van der Waals surface area contributed by atoms with Gasteiger partial charge in [-0.15, -0.1) is 0 Å². The van der Waals surface area contributed by atoms with Crippen LogP contribution in [0.2, 0.25) is 0 Å². The van der Waals surface area contributed by atoms with Crippen molar-refractivity contribution in [3.63, 3.8) is 0 Å². The molecular weight excluding hydrogens is 364 g/mol. The maximum absolute atomic E-state index is 12.5. The fourth-order valence-corrected chi connectivity index (χ4v) is 2.71. The summed E-state index contributed by atoms with van der Waals surface area (Å²) in [5.41, 5.74) is 1.79. The molecule has 0 spiro atoms. The van der Waals surface area contributed by atoms with Gasteiger partial charge in [-0.25, -0.2) is 0 Å². The Balaban J connectivity index is 2.01. The molecule has 0 aromatic heterocycles. The van der Waals surface area contributed by atoms with E-state index in [-0.39, 0.29) is 28.6 Å². The van der Waals surface area contributed by atoms with Gasteiger partial charge in [-0.3, -0.25) is 14.4 Å². The number of amides is 2. The second-order valence-electron chi connectivity index (χ2n) is 9.47. The van der Waals surface area contributed by atoms with Gasteiger partial charge >= 0.3 is 0 Å². The number of nitrogens with one attached hydrogen (secondary N) is 2. The van der Waals surface area contributed by atoms with Gasteiger partial charge in [-0.2, -0.15) is 0 Å². The number of carbonyl (C=O) groups excluding carboxylic acids is 3. The van der Waals surface area contributed by atoms with Gasteiger partial charge in [0.25, 0.3) is 11.8 Å². The molecule has 154 valence electrons. The molecule has 5 heteroatoms. The molecule has 0 saturated carbocycles. The number of hydrogen-bond acceptors (Lipinski definition) is 3. The Kier molecular flexibility index (Phi) is 6.62. The highest BCUT2D eigenvalue weighted by Gasteiger charge is 2.18. The van der Waals surface area contributed by atoms with Crippen LogP contribution in [0.5, 0.6) is 0 Å². The summed E-state index contributed by atoms with van der Waals surface area (Å²) in [6.07, 6.45) is 0.466. The fraction of sp³-hybridized carbons (Fsp3) is 0.375. The van der Waals surface area contributed by atoms with Crippen molar-refractivity contribution in [2.45, 2.75) is 53.5 Å². The lowest BCUT2D eigenvalue weighted by molar-refractivity contribution is 0.0915. The molecule has 2 N–H and O–H groups in total. The molecular formula is C24H30N2O3. The van der Waals surface area contributed by atoms with Crippen LogP contribution in [-0.4, -0.2) is 23.1 Å². The van der Waals surface area contributed by atoms with Crippen LogP contribution in [0.1, 0.15) is 79.0 Å². The Labute approximate surface area is 172 Å². The summed E-state index contributed by atoms with van der Waals surface area (Å²) in [6.45, 7) is 11.8. The monoisotopic (exact) mass is 394 g/mol. The van der Waals surface area contributed by atoms with Crippen LogP contribution in [-0.2, 0) is 0 Å². The Hall–Kier alpha value is -2.95. The number of benzene rings is 2. The number of anilines is 1. The lowest BCUT2D eigenvalue weighted by Gasteiger charge is -2.20. The summed E-state index contributed by atoms with van der Waals surface area (Å²) in [5.74, 6) is -0.374. The van der Waals surface area contributed by atoms with Crippen LogP contribution >= 0.6 is 0 Å². The molecule has 0 atom stereocenters. The second kappa shape index (κ2) is 8.60. The Bertz CT molecular complexity index is 884. The SMILES string of the molecule is CC(C)(C)CC(=O)c1ccc(NC(=O)c2ccc(C(=O)NC(C)(C)C)cc2)cc1. The topological polar surface area (TPSA) is 75.3 Å². The molecule has 0 aliphatic heterocycles. The second-order valence-corrected chi connectivity index (χ2v) is 9.47. The predicted octanol–water partition coefficient (Wildman–Crippen LogP) is 5.09. The van der Waals surface area contributed by atoms with Crippen molar-refractivity contribution in [2.24, 2.45) is 5.41 Å². The van der Waals surface area contributed by atoms with Crippen molar-refractivity contribution in [1.29, 1.82) is 0 Å². The normalized spacial score (nSPS) is 11.7. The minimum absolute atomic E-state index is 0.0695. The molecule has 0 saturated heterocycles. The van der Waals surface area contributed by atoms with E-state index >= 15 is 0 Å². The molecule has 0 radical (unpaired) electrons.